The van der Waals surface area contributed by atoms with E-state index in [1.54, 1.807) is 19.2 Å². The van der Waals surface area contributed by atoms with Crippen LogP contribution in [-0.2, 0) is 9.59 Å². The van der Waals surface area contributed by atoms with Gasteiger partial charge in [0.2, 0.25) is 0 Å². The maximum atomic E-state index is 13.5. The third-order valence-corrected chi connectivity index (χ3v) is 6.41. The predicted molar refractivity (Wildman–Crippen MR) is 138 cm³/mol. The predicted octanol–water partition coefficient (Wildman–Crippen LogP) is 6.09. The minimum atomic E-state index is -0.855. The van der Waals surface area contributed by atoms with E-state index in [0.29, 0.717) is 22.6 Å². The Morgan fingerprint density at radius 3 is 2.26 bits per heavy atom. The van der Waals surface area contributed by atoms with Gasteiger partial charge in [-0.2, -0.15) is 0 Å². The number of benzene rings is 4. The van der Waals surface area contributed by atoms with Crippen molar-refractivity contribution in [3.8, 4) is 5.75 Å². The number of rotatable bonds is 4. The Labute approximate surface area is 203 Å². The molecule has 5 heteroatoms. The molecule has 1 heterocycles. The van der Waals surface area contributed by atoms with Crippen molar-refractivity contribution in [2.75, 3.05) is 12.0 Å². The van der Waals surface area contributed by atoms with Crippen LogP contribution in [0.2, 0.25) is 0 Å². The molecule has 0 aromatic heterocycles. The smallest absolute Gasteiger partial charge is 0.300 e. The van der Waals surface area contributed by atoms with Crippen molar-refractivity contribution in [1.82, 2.24) is 0 Å². The number of hydrogen-bond donors (Lipinski definition) is 1. The Morgan fingerprint density at radius 2 is 1.51 bits per heavy atom. The normalized spacial score (nSPS) is 17.2. The standard InChI is InChI=1S/C30H25NO4/c1-18-15-19(2)17-21(16-18)31-27(24-12-6-7-14-25(24)35-3)26(29(33)30(31)34)28(32)23-13-8-10-20-9-4-5-11-22(20)23/h4-17,27,32H,1-3H3/b28-26+. The highest BCUT2D eigenvalue weighted by molar-refractivity contribution is 6.52. The van der Waals surface area contributed by atoms with Crippen LogP contribution < -0.4 is 9.64 Å². The average Bonchev–Trinajstić information content (AvgIpc) is 3.12. The van der Waals surface area contributed by atoms with Gasteiger partial charge in [0.1, 0.15) is 11.5 Å². The second-order valence-corrected chi connectivity index (χ2v) is 8.78. The molecule has 1 fully saturated rings. The molecule has 0 spiro atoms. The summed E-state index contributed by atoms with van der Waals surface area (Å²) in [6.45, 7) is 3.89. The summed E-state index contributed by atoms with van der Waals surface area (Å²) >= 11 is 0. The summed E-state index contributed by atoms with van der Waals surface area (Å²) in [6, 6.07) is 25.3. The highest BCUT2D eigenvalue weighted by Gasteiger charge is 2.48. The van der Waals surface area contributed by atoms with Gasteiger partial charge in [-0.15, -0.1) is 0 Å². The van der Waals surface area contributed by atoms with Crippen LogP contribution in [0.4, 0.5) is 5.69 Å². The molecule has 4 aromatic rings. The van der Waals surface area contributed by atoms with E-state index in [9.17, 15) is 14.7 Å². The molecule has 0 radical (unpaired) electrons. The van der Waals surface area contributed by atoms with Gasteiger partial charge in [-0.3, -0.25) is 14.5 Å². The maximum Gasteiger partial charge on any atom is 0.300 e. The quantitative estimate of drug-likeness (QED) is 0.226. The zero-order valence-corrected chi connectivity index (χ0v) is 19.8. The molecule has 1 saturated heterocycles. The molecular weight excluding hydrogens is 438 g/mol. The van der Waals surface area contributed by atoms with Crippen molar-refractivity contribution in [2.24, 2.45) is 0 Å². The van der Waals surface area contributed by atoms with E-state index in [2.05, 4.69) is 0 Å². The molecule has 1 aliphatic rings. The molecule has 5 rings (SSSR count). The van der Waals surface area contributed by atoms with Crippen LogP contribution in [0.25, 0.3) is 16.5 Å². The van der Waals surface area contributed by atoms with E-state index in [-0.39, 0.29) is 11.3 Å². The van der Waals surface area contributed by atoms with E-state index < -0.39 is 17.7 Å². The Bertz CT molecular complexity index is 1490. The number of ketones is 1. The summed E-state index contributed by atoms with van der Waals surface area (Å²) in [5.74, 6) is -1.10. The number of aliphatic hydroxyl groups excluding tert-OH is 1. The average molecular weight is 464 g/mol. The number of aryl methyl sites for hydroxylation is 2. The number of fused-ring (bicyclic) bond motifs is 1. The van der Waals surface area contributed by atoms with Gasteiger partial charge in [0, 0.05) is 16.8 Å². The number of carbonyl (C=O) groups excluding carboxylic acids is 2. The van der Waals surface area contributed by atoms with E-state index >= 15 is 0 Å². The van der Waals surface area contributed by atoms with E-state index in [4.69, 9.17) is 4.74 Å². The number of aliphatic hydroxyl groups is 1. The largest absolute Gasteiger partial charge is 0.507 e. The summed E-state index contributed by atoms with van der Waals surface area (Å²) < 4.78 is 5.61. The van der Waals surface area contributed by atoms with Gasteiger partial charge in [0.25, 0.3) is 11.7 Å². The van der Waals surface area contributed by atoms with Gasteiger partial charge >= 0.3 is 0 Å². The zero-order chi connectivity index (χ0) is 24.7. The third kappa shape index (κ3) is 3.75. The number of nitrogens with zero attached hydrogens (tertiary/aromatic N) is 1. The first-order valence-corrected chi connectivity index (χ1v) is 11.4. The van der Waals surface area contributed by atoms with Gasteiger partial charge in [0.15, 0.2) is 0 Å². The Balaban J connectivity index is 1.82. The van der Waals surface area contributed by atoms with E-state index in [0.717, 1.165) is 21.9 Å². The lowest BCUT2D eigenvalue weighted by Gasteiger charge is -2.27. The maximum absolute atomic E-state index is 13.5. The van der Waals surface area contributed by atoms with Crippen molar-refractivity contribution in [3.63, 3.8) is 0 Å². The van der Waals surface area contributed by atoms with Gasteiger partial charge in [-0.1, -0.05) is 66.7 Å². The minimum Gasteiger partial charge on any atom is -0.507 e. The Kier molecular flexibility index (Phi) is 5.61. The first-order chi connectivity index (χ1) is 16.9. The zero-order valence-electron chi connectivity index (χ0n) is 19.8. The Hall–Kier alpha value is -4.38. The lowest BCUT2D eigenvalue weighted by atomic mass is 9.92. The molecular formula is C30H25NO4. The monoisotopic (exact) mass is 463 g/mol. The number of para-hydroxylation sites is 1. The number of Topliss-reactive ketones (excluding diaryl/α,β-unsaturated/α-hetero) is 1. The molecule has 1 N–H and O–H groups in total. The lowest BCUT2D eigenvalue weighted by molar-refractivity contribution is -0.132. The van der Waals surface area contributed by atoms with Crippen LogP contribution in [0.5, 0.6) is 5.75 Å². The van der Waals surface area contributed by atoms with Crippen molar-refractivity contribution in [1.29, 1.82) is 0 Å². The van der Waals surface area contributed by atoms with Crippen LogP contribution in [0, 0.1) is 13.8 Å². The molecule has 1 unspecified atom stereocenters. The van der Waals surface area contributed by atoms with Crippen LogP contribution in [0.3, 0.4) is 0 Å². The lowest BCUT2D eigenvalue weighted by Crippen LogP contribution is -2.29. The van der Waals surface area contributed by atoms with Gasteiger partial charge < -0.3 is 9.84 Å². The van der Waals surface area contributed by atoms with Crippen molar-refractivity contribution in [2.45, 2.75) is 19.9 Å². The molecule has 5 nitrogen and oxygen atoms in total. The highest BCUT2D eigenvalue weighted by atomic mass is 16.5. The second kappa shape index (κ2) is 8.76. The first kappa shape index (κ1) is 22.4. The number of carbonyl (C=O) groups is 2. The van der Waals surface area contributed by atoms with E-state index in [1.165, 1.54) is 4.90 Å². The van der Waals surface area contributed by atoms with Gasteiger partial charge in [0.05, 0.1) is 18.7 Å². The van der Waals surface area contributed by atoms with Crippen LogP contribution in [0.15, 0.2) is 90.5 Å². The number of ether oxygens (including phenoxy) is 1. The molecule has 0 aliphatic carbocycles. The molecule has 1 amide bonds. The van der Waals surface area contributed by atoms with Crippen LogP contribution >= 0.6 is 0 Å². The summed E-state index contributed by atoms with van der Waals surface area (Å²) in [5, 5.41) is 13.3. The number of amides is 1. The van der Waals surface area contributed by atoms with E-state index in [1.807, 2.05) is 86.6 Å². The second-order valence-electron chi connectivity index (χ2n) is 8.78. The fourth-order valence-electron chi connectivity index (χ4n) is 4.95. The summed E-state index contributed by atoms with van der Waals surface area (Å²) in [5.41, 5.74) is 3.69. The third-order valence-electron chi connectivity index (χ3n) is 6.41. The molecule has 0 saturated carbocycles. The molecule has 1 aliphatic heterocycles. The molecule has 1 atom stereocenters. The summed E-state index contributed by atoms with van der Waals surface area (Å²) in [6.07, 6.45) is 0. The minimum absolute atomic E-state index is 0.0370. The summed E-state index contributed by atoms with van der Waals surface area (Å²) in [4.78, 5) is 28.5. The van der Waals surface area contributed by atoms with Crippen LogP contribution in [-0.4, -0.2) is 23.9 Å². The molecule has 174 valence electrons. The van der Waals surface area contributed by atoms with Gasteiger partial charge in [-0.25, -0.2) is 0 Å². The summed E-state index contributed by atoms with van der Waals surface area (Å²) in [7, 11) is 1.55. The number of hydrogen-bond acceptors (Lipinski definition) is 4. The topological polar surface area (TPSA) is 66.8 Å². The first-order valence-electron chi connectivity index (χ1n) is 11.4. The SMILES string of the molecule is COc1ccccc1C1/C(=C(\O)c2cccc3ccccc23)C(=O)C(=O)N1c1cc(C)cc(C)c1. The highest BCUT2D eigenvalue weighted by Crippen LogP contribution is 2.45. The molecule has 35 heavy (non-hydrogen) atoms. The van der Waals surface area contributed by atoms with Crippen molar-refractivity contribution in [3.05, 3.63) is 113 Å². The van der Waals surface area contributed by atoms with Crippen molar-refractivity contribution >= 4 is 33.9 Å². The molecule has 4 aromatic carbocycles. The van der Waals surface area contributed by atoms with Gasteiger partial charge in [-0.05, 0) is 53.9 Å². The fraction of sp³-hybridized carbons (Fsp3) is 0.133. The Morgan fingerprint density at radius 1 is 0.857 bits per heavy atom. The molecule has 0 bridgehead atoms. The van der Waals surface area contributed by atoms with Crippen molar-refractivity contribution < 1.29 is 19.4 Å². The fourth-order valence-corrected chi connectivity index (χ4v) is 4.95. The number of methoxy groups -OCH3 is 1. The number of anilines is 1. The van der Waals surface area contributed by atoms with Crippen LogP contribution in [0.1, 0.15) is 28.3 Å².